The number of nitrogens with one attached hydrogen (secondary N) is 1. The summed E-state index contributed by atoms with van der Waals surface area (Å²) in [5, 5.41) is 14.2. The first-order valence-corrected chi connectivity index (χ1v) is 6.48. The van der Waals surface area contributed by atoms with Gasteiger partial charge in [-0.1, -0.05) is 0 Å². The summed E-state index contributed by atoms with van der Waals surface area (Å²) < 4.78 is 5.50. The standard InChI is InChI=1S/C12H16N2OS/c1-9-4-11(2-3-15-9)14-7-12-5-10(6-13)8-16-12/h5,8-9,11,14H,2-4,7H2,1H3. The molecule has 2 rings (SSSR count). The summed E-state index contributed by atoms with van der Waals surface area (Å²) in [5.74, 6) is 0. The van der Waals surface area contributed by atoms with Crippen LogP contribution in [0.4, 0.5) is 0 Å². The van der Waals surface area contributed by atoms with Crippen molar-refractivity contribution in [3.63, 3.8) is 0 Å². The van der Waals surface area contributed by atoms with Crippen molar-refractivity contribution in [2.24, 2.45) is 0 Å². The SMILES string of the molecule is CC1CC(NCc2cc(C#N)cs2)CCO1. The van der Waals surface area contributed by atoms with Gasteiger partial charge in [-0.3, -0.25) is 0 Å². The van der Waals surface area contributed by atoms with Crippen LogP contribution in [-0.4, -0.2) is 18.8 Å². The van der Waals surface area contributed by atoms with E-state index < -0.39 is 0 Å². The minimum Gasteiger partial charge on any atom is -0.378 e. The molecule has 1 aliphatic rings. The molecule has 0 radical (unpaired) electrons. The largest absolute Gasteiger partial charge is 0.378 e. The molecule has 4 heteroatoms. The molecular weight excluding hydrogens is 220 g/mol. The Morgan fingerprint density at radius 3 is 3.25 bits per heavy atom. The van der Waals surface area contributed by atoms with E-state index in [1.54, 1.807) is 11.3 Å². The molecule has 0 spiro atoms. The minimum absolute atomic E-state index is 0.365. The number of hydrogen-bond acceptors (Lipinski definition) is 4. The Hall–Kier alpha value is -0.890. The highest BCUT2D eigenvalue weighted by molar-refractivity contribution is 7.10. The first kappa shape index (κ1) is 11.6. The number of nitrogens with zero attached hydrogens (tertiary/aromatic N) is 1. The van der Waals surface area contributed by atoms with Gasteiger partial charge in [-0.25, -0.2) is 0 Å². The minimum atomic E-state index is 0.365. The molecule has 1 aromatic heterocycles. The molecule has 16 heavy (non-hydrogen) atoms. The van der Waals surface area contributed by atoms with Crippen molar-refractivity contribution >= 4 is 11.3 Å². The van der Waals surface area contributed by atoms with E-state index in [-0.39, 0.29) is 0 Å². The highest BCUT2D eigenvalue weighted by Gasteiger charge is 2.18. The van der Waals surface area contributed by atoms with Gasteiger partial charge in [0.1, 0.15) is 6.07 Å². The zero-order valence-electron chi connectivity index (χ0n) is 9.40. The van der Waals surface area contributed by atoms with Crippen molar-refractivity contribution in [3.05, 3.63) is 21.9 Å². The summed E-state index contributed by atoms with van der Waals surface area (Å²) in [6.45, 7) is 3.84. The Kier molecular flexibility index (Phi) is 3.94. The van der Waals surface area contributed by atoms with Crippen LogP contribution in [0.1, 0.15) is 30.2 Å². The first-order valence-electron chi connectivity index (χ1n) is 5.60. The predicted molar refractivity (Wildman–Crippen MR) is 64.3 cm³/mol. The Labute approximate surface area is 100 Å². The molecule has 0 saturated carbocycles. The summed E-state index contributed by atoms with van der Waals surface area (Å²) in [6, 6.07) is 4.67. The second-order valence-corrected chi connectivity index (χ2v) is 5.19. The fraction of sp³-hybridized carbons (Fsp3) is 0.583. The fourth-order valence-corrected chi connectivity index (χ4v) is 2.72. The van der Waals surface area contributed by atoms with Gasteiger partial charge in [0.25, 0.3) is 0 Å². The molecule has 3 nitrogen and oxygen atoms in total. The molecule has 2 heterocycles. The molecular formula is C12H16N2OS. The van der Waals surface area contributed by atoms with Crippen LogP contribution in [0.25, 0.3) is 0 Å². The quantitative estimate of drug-likeness (QED) is 0.875. The normalized spacial score (nSPS) is 25.2. The fourth-order valence-electron chi connectivity index (χ4n) is 1.96. The van der Waals surface area contributed by atoms with Gasteiger partial charge in [-0.15, -0.1) is 11.3 Å². The lowest BCUT2D eigenvalue weighted by Gasteiger charge is -2.27. The third-order valence-electron chi connectivity index (χ3n) is 2.83. The van der Waals surface area contributed by atoms with Gasteiger partial charge in [0.05, 0.1) is 11.7 Å². The molecule has 0 amide bonds. The lowest BCUT2D eigenvalue weighted by Crippen LogP contribution is -2.37. The second kappa shape index (κ2) is 5.44. The molecule has 1 saturated heterocycles. The highest BCUT2D eigenvalue weighted by atomic mass is 32.1. The molecule has 0 aliphatic carbocycles. The maximum Gasteiger partial charge on any atom is 0.100 e. The summed E-state index contributed by atoms with van der Waals surface area (Å²) >= 11 is 1.65. The summed E-state index contributed by atoms with van der Waals surface area (Å²) in [5.41, 5.74) is 0.766. The monoisotopic (exact) mass is 236 g/mol. The van der Waals surface area contributed by atoms with Crippen molar-refractivity contribution in [1.82, 2.24) is 5.32 Å². The maximum atomic E-state index is 8.72. The van der Waals surface area contributed by atoms with Crippen LogP contribution in [0, 0.1) is 11.3 Å². The molecule has 1 N–H and O–H groups in total. The highest BCUT2D eigenvalue weighted by Crippen LogP contribution is 2.16. The van der Waals surface area contributed by atoms with Crippen LogP contribution in [0.2, 0.25) is 0 Å². The van der Waals surface area contributed by atoms with E-state index in [0.717, 1.165) is 31.6 Å². The third-order valence-corrected chi connectivity index (χ3v) is 3.77. The Bertz CT molecular complexity index is 383. The van der Waals surface area contributed by atoms with Gasteiger partial charge in [0.2, 0.25) is 0 Å². The molecule has 1 aromatic rings. The summed E-state index contributed by atoms with van der Waals surface area (Å²) in [6.07, 6.45) is 2.53. The van der Waals surface area contributed by atoms with Crippen LogP contribution < -0.4 is 5.32 Å². The van der Waals surface area contributed by atoms with Gasteiger partial charge in [-0.05, 0) is 25.8 Å². The summed E-state index contributed by atoms with van der Waals surface area (Å²) in [4.78, 5) is 1.23. The van der Waals surface area contributed by atoms with E-state index in [1.165, 1.54) is 4.88 Å². The van der Waals surface area contributed by atoms with Gasteiger partial charge in [0, 0.05) is 29.5 Å². The van der Waals surface area contributed by atoms with Crippen molar-refractivity contribution in [2.75, 3.05) is 6.61 Å². The van der Waals surface area contributed by atoms with Crippen LogP contribution in [-0.2, 0) is 11.3 Å². The van der Waals surface area contributed by atoms with E-state index in [4.69, 9.17) is 10.00 Å². The lowest BCUT2D eigenvalue weighted by atomic mass is 10.0. The van der Waals surface area contributed by atoms with E-state index >= 15 is 0 Å². The molecule has 0 bridgehead atoms. The van der Waals surface area contributed by atoms with E-state index in [2.05, 4.69) is 18.3 Å². The van der Waals surface area contributed by atoms with Crippen molar-refractivity contribution in [1.29, 1.82) is 5.26 Å². The van der Waals surface area contributed by atoms with Crippen LogP contribution in [0.3, 0.4) is 0 Å². The van der Waals surface area contributed by atoms with Gasteiger partial charge >= 0.3 is 0 Å². The number of thiophene rings is 1. The van der Waals surface area contributed by atoms with Gasteiger partial charge in [0.15, 0.2) is 0 Å². The number of nitriles is 1. The lowest BCUT2D eigenvalue weighted by molar-refractivity contribution is 0.0131. The van der Waals surface area contributed by atoms with Crippen LogP contribution in [0.15, 0.2) is 11.4 Å². The topological polar surface area (TPSA) is 45.0 Å². The van der Waals surface area contributed by atoms with Crippen LogP contribution in [0.5, 0.6) is 0 Å². The van der Waals surface area contributed by atoms with Crippen molar-refractivity contribution in [3.8, 4) is 6.07 Å². The first-order chi connectivity index (χ1) is 7.78. The number of rotatable bonds is 3. The molecule has 1 aliphatic heterocycles. The van der Waals surface area contributed by atoms with Gasteiger partial charge < -0.3 is 10.1 Å². The second-order valence-electron chi connectivity index (χ2n) is 4.20. The number of hydrogen-bond donors (Lipinski definition) is 1. The molecule has 2 unspecified atom stereocenters. The maximum absolute atomic E-state index is 8.72. The average Bonchev–Trinajstić information content (AvgIpc) is 2.74. The van der Waals surface area contributed by atoms with Crippen molar-refractivity contribution < 1.29 is 4.74 Å². The third kappa shape index (κ3) is 3.05. The van der Waals surface area contributed by atoms with Crippen LogP contribution >= 0.6 is 11.3 Å². The Balaban J connectivity index is 1.80. The van der Waals surface area contributed by atoms with Crippen molar-refractivity contribution in [2.45, 2.75) is 38.5 Å². The molecule has 86 valence electrons. The van der Waals surface area contributed by atoms with E-state index in [0.29, 0.717) is 12.1 Å². The van der Waals surface area contributed by atoms with Gasteiger partial charge in [-0.2, -0.15) is 5.26 Å². The average molecular weight is 236 g/mol. The Morgan fingerprint density at radius 2 is 2.56 bits per heavy atom. The van der Waals surface area contributed by atoms with E-state index in [9.17, 15) is 0 Å². The molecule has 1 fully saturated rings. The zero-order valence-corrected chi connectivity index (χ0v) is 10.2. The molecule has 2 atom stereocenters. The zero-order chi connectivity index (χ0) is 11.4. The summed E-state index contributed by atoms with van der Waals surface area (Å²) in [7, 11) is 0. The van der Waals surface area contributed by atoms with E-state index in [1.807, 2.05) is 11.4 Å². The predicted octanol–water partition coefficient (Wildman–Crippen LogP) is 2.28. The molecule has 0 aromatic carbocycles. The Morgan fingerprint density at radius 1 is 1.69 bits per heavy atom. The smallest absolute Gasteiger partial charge is 0.100 e. The number of ether oxygens (including phenoxy) is 1.